The number of hydrogen-bond donors (Lipinski definition) is 1. The number of hydrogen-bond acceptors (Lipinski definition) is 4. The molecule has 1 saturated carbocycles. The van der Waals surface area contributed by atoms with Crippen molar-refractivity contribution in [1.82, 2.24) is 0 Å². The summed E-state index contributed by atoms with van der Waals surface area (Å²) in [7, 11) is -1.71. The summed E-state index contributed by atoms with van der Waals surface area (Å²) in [5.74, 6) is -0.571. The first-order valence-corrected chi connectivity index (χ1v) is 7.95. The molecule has 1 fully saturated rings. The van der Waals surface area contributed by atoms with Gasteiger partial charge in [-0.3, -0.25) is 0 Å². The minimum absolute atomic E-state index is 0.223. The molecular formula is C13H18FNO3S. The molecule has 1 aromatic carbocycles. The van der Waals surface area contributed by atoms with Crippen LogP contribution in [0.3, 0.4) is 0 Å². The molecule has 0 amide bonds. The molecule has 0 radical (unpaired) electrons. The van der Waals surface area contributed by atoms with E-state index in [2.05, 4.69) is 0 Å². The van der Waals surface area contributed by atoms with Crippen LogP contribution in [0.15, 0.2) is 24.3 Å². The molecule has 2 N–H and O–H groups in total. The zero-order valence-electron chi connectivity index (χ0n) is 11.0. The maximum atomic E-state index is 13.0. The van der Waals surface area contributed by atoms with Gasteiger partial charge in [-0.15, -0.1) is 0 Å². The summed E-state index contributed by atoms with van der Waals surface area (Å²) in [6.45, 7) is 0.504. The van der Waals surface area contributed by atoms with Crippen LogP contribution in [0.5, 0.6) is 0 Å². The van der Waals surface area contributed by atoms with Crippen LogP contribution in [0, 0.1) is 11.2 Å². The lowest BCUT2D eigenvalue weighted by atomic mass is 10.00. The van der Waals surface area contributed by atoms with Gasteiger partial charge in [-0.1, -0.05) is 12.1 Å². The summed E-state index contributed by atoms with van der Waals surface area (Å²) in [4.78, 5) is 0. The first-order chi connectivity index (χ1) is 8.86. The number of benzene rings is 1. The molecular weight excluding hydrogens is 269 g/mol. The van der Waals surface area contributed by atoms with Gasteiger partial charge in [0, 0.05) is 31.2 Å². The summed E-state index contributed by atoms with van der Waals surface area (Å²) in [6, 6.07) is 5.90. The minimum Gasteiger partial charge on any atom is -0.384 e. The lowest BCUT2D eigenvalue weighted by Crippen LogP contribution is -2.28. The fourth-order valence-corrected chi connectivity index (χ4v) is 5.05. The van der Waals surface area contributed by atoms with Crippen molar-refractivity contribution in [3.8, 4) is 0 Å². The molecule has 0 unspecified atom stereocenters. The highest BCUT2D eigenvalue weighted by Gasteiger charge is 2.69. The molecule has 0 spiro atoms. The quantitative estimate of drug-likeness (QED) is 0.874. The average molecular weight is 287 g/mol. The van der Waals surface area contributed by atoms with E-state index in [0.717, 1.165) is 5.56 Å². The number of rotatable bonds is 5. The minimum atomic E-state index is -3.23. The molecule has 6 heteroatoms. The molecule has 106 valence electrons. The largest absolute Gasteiger partial charge is 0.384 e. The predicted octanol–water partition coefficient (Wildman–Crippen LogP) is 0.928. The van der Waals surface area contributed by atoms with Gasteiger partial charge in [0.2, 0.25) is 0 Å². The van der Waals surface area contributed by atoms with Crippen molar-refractivity contribution in [2.45, 2.75) is 11.2 Å². The molecule has 19 heavy (non-hydrogen) atoms. The Labute approximate surface area is 112 Å². The average Bonchev–Trinajstić information content (AvgIpc) is 3.00. The van der Waals surface area contributed by atoms with Gasteiger partial charge >= 0.3 is 0 Å². The highest BCUT2D eigenvalue weighted by Crippen LogP contribution is 2.62. The van der Waals surface area contributed by atoms with E-state index < -0.39 is 20.5 Å². The summed E-state index contributed by atoms with van der Waals surface area (Å²) in [5, 5.41) is -0.560. The van der Waals surface area contributed by atoms with E-state index in [9.17, 15) is 12.8 Å². The Bertz CT molecular complexity index is 558. The third kappa shape index (κ3) is 2.40. The van der Waals surface area contributed by atoms with Crippen molar-refractivity contribution in [1.29, 1.82) is 0 Å². The van der Waals surface area contributed by atoms with Gasteiger partial charge in [-0.05, 0) is 17.7 Å². The third-order valence-corrected chi connectivity index (χ3v) is 5.53. The van der Waals surface area contributed by atoms with Crippen LogP contribution in [0.2, 0.25) is 0 Å². The van der Waals surface area contributed by atoms with E-state index in [0.29, 0.717) is 0 Å². The van der Waals surface area contributed by atoms with Gasteiger partial charge in [0.1, 0.15) is 5.82 Å². The highest BCUT2D eigenvalue weighted by molar-refractivity contribution is 7.91. The standard InChI is InChI=1S/C13H18FNO3S/c1-18-8-13(7-15)11(12(13)19(2,16)17)9-3-5-10(14)6-4-9/h3-6,11-12H,7-8,15H2,1-2H3/t11-,12+,13-/m1/s1. The molecule has 3 atom stereocenters. The molecule has 0 heterocycles. The van der Waals surface area contributed by atoms with E-state index in [1.54, 1.807) is 12.1 Å². The predicted molar refractivity (Wildman–Crippen MR) is 71.1 cm³/mol. The van der Waals surface area contributed by atoms with Crippen LogP contribution < -0.4 is 5.73 Å². The van der Waals surface area contributed by atoms with Gasteiger partial charge in [0.25, 0.3) is 0 Å². The molecule has 1 aliphatic rings. The van der Waals surface area contributed by atoms with Crippen molar-refractivity contribution < 1.29 is 17.5 Å². The van der Waals surface area contributed by atoms with Crippen LogP contribution in [0.4, 0.5) is 4.39 Å². The van der Waals surface area contributed by atoms with Gasteiger partial charge in [0.05, 0.1) is 11.9 Å². The van der Waals surface area contributed by atoms with E-state index >= 15 is 0 Å². The zero-order chi connectivity index (χ0) is 14.3. The van der Waals surface area contributed by atoms with E-state index in [-0.39, 0.29) is 24.9 Å². The molecule has 0 aliphatic heterocycles. The summed E-state index contributed by atoms with van der Waals surface area (Å²) >= 11 is 0. The van der Waals surface area contributed by atoms with Crippen molar-refractivity contribution in [3.05, 3.63) is 35.6 Å². The maximum Gasteiger partial charge on any atom is 0.151 e. The van der Waals surface area contributed by atoms with Crippen LogP contribution in [0.25, 0.3) is 0 Å². The molecule has 1 aliphatic carbocycles. The Hall–Kier alpha value is -0.980. The van der Waals surface area contributed by atoms with Crippen LogP contribution in [-0.4, -0.2) is 40.2 Å². The summed E-state index contributed by atoms with van der Waals surface area (Å²) in [5.41, 5.74) is 5.98. The van der Waals surface area contributed by atoms with Crippen molar-refractivity contribution in [2.24, 2.45) is 11.1 Å². The molecule has 0 saturated heterocycles. The SMILES string of the molecule is COC[C@]1(CN)[C@H](c2ccc(F)cc2)[C@@H]1S(C)(=O)=O. The van der Waals surface area contributed by atoms with Gasteiger partial charge < -0.3 is 10.5 Å². The van der Waals surface area contributed by atoms with E-state index in [4.69, 9.17) is 10.5 Å². The normalized spacial score (nSPS) is 30.3. The third-order valence-electron chi connectivity index (χ3n) is 3.86. The number of nitrogens with two attached hydrogens (primary N) is 1. The van der Waals surface area contributed by atoms with Crippen molar-refractivity contribution >= 4 is 9.84 Å². The Morgan fingerprint density at radius 2 is 1.95 bits per heavy atom. The topological polar surface area (TPSA) is 69.4 Å². The number of ether oxygens (including phenoxy) is 1. The molecule has 4 nitrogen and oxygen atoms in total. The first-order valence-electron chi connectivity index (χ1n) is 6.00. The first kappa shape index (κ1) is 14.4. The highest BCUT2D eigenvalue weighted by atomic mass is 32.2. The van der Waals surface area contributed by atoms with E-state index in [1.807, 2.05) is 0 Å². The fraction of sp³-hybridized carbons (Fsp3) is 0.538. The summed E-state index contributed by atoms with van der Waals surface area (Å²) in [6.07, 6.45) is 1.21. The number of halogens is 1. The second kappa shape index (κ2) is 4.85. The molecule has 0 aromatic heterocycles. The lowest BCUT2D eigenvalue weighted by molar-refractivity contribution is 0.142. The lowest BCUT2D eigenvalue weighted by Gasteiger charge is -2.14. The van der Waals surface area contributed by atoms with Gasteiger partial charge in [-0.2, -0.15) is 0 Å². The second-order valence-electron chi connectivity index (χ2n) is 5.15. The molecule has 0 bridgehead atoms. The Balaban J connectivity index is 2.40. The smallest absolute Gasteiger partial charge is 0.151 e. The van der Waals surface area contributed by atoms with Crippen molar-refractivity contribution in [3.63, 3.8) is 0 Å². The zero-order valence-corrected chi connectivity index (χ0v) is 11.8. The van der Waals surface area contributed by atoms with Crippen LogP contribution >= 0.6 is 0 Å². The Kier molecular flexibility index (Phi) is 3.68. The Morgan fingerprint density at radius 1 is 1.37 bits per heavy atom. The molecule has 2 rings (SSSR count). The van der Waals surface area contributed by atoms with E-state index in [1.165, 1.54) is 25.5 Å². The number of methoxy groups -OCH3 is 1. The van der Waals surface area contributed by atoms with Crippen LogP contribution in [-0.2, 0) is 14.6 Å². The summed E-state index contributed by atoms with van der Waals surface area (Å²) < 4.78 is 41.9. The maximum absolute atomic E-state index is 13.0. The molecule has 1 aromatic rings. The Morgan fingerprint density at radius 3 is 2.37 bits per heavy atom. The monoisotopic (exact) mass is 287 g/mol. The second-order valence-corrected chi connectivity index (χ2v) is 7.32. The number of sulfone groups is 1. The van der Waals surface area contributed by atoms with Gasteiger partial charge in [-0.25, -0.2) is 12.8 Å². The van der Waals surface area contributed by atoms with Crippen LogP contribution in [0.1, 0.15) is 11.5 Å². The van der Waals surface area contributed by atoms with Gasteiger partial charge in [0.15, 0.2) is 9.84 Å². The van der Waals surface area contributed by atoms with Crippen molar-refractivity contribution in [2.75, 3.05) is 26.5 Å². The fourth-order valence-electron chi connectivity index (χ4n) is 3.05.